The molecule has 10 nitrogen and oxygen atoms in total. The number of tetrazole rings is 1. The Bertz CT molecular complexity index is 1780. The van der Waals surface area contributed by atoms with Crippen LogP contribution in [0.2, 0.25) is 0 Å². The lowest BCUT2D eigenvalue weighted by Gasteiger charge is -2.17. The molecule has 170 valence electrons. The number of rotatable bonds is 5. The molecule has 0 atom stereocenters. The van der Waals surface area contributed by atoms with Gasteiger partial charge in [0.15, 0.2) is 11.3 Å². The number of nitrogens with zero attached hydrogens (tertiary/aromatic N) is 7. The third-order valence-electron chi connectivity index (χ3n) is 5.71. The number of fused-ring (bicyclic) bond motifs is 3. The number of hydrogen-bond donors (Lipinski definition) is 1. The van der Waals surface area contributed by atoms with Crippen LogP contribution in [0, 0.1) is 0 Å². The minimum atomic E-state index is -0.527. The molecule has 10 heteroatoms. The molecule has 0 bridgehead atoms. The maximum atomic E-state index is 13.9. The summed E-state index contributed by atoms with van der Waals surface area (Å²) in [6.07, 6.45) is 3.44. The zero-order chi connectivity index (χ0) is 23.8. The normalized spacial score (nSPS) is 11.2. The van der Waals surface area contributed by atoms with Gasteiger partial charge in [-0.2, -0.15) is 4.52 Å². The highest BCUT2D eigenvalue weighted by atomic mass is 16.2. The van der Waals surface area contributed by atoms with Gasteiger partial charge in [-0.1, -0.05) is 42.5 Å². The van der Waals surface area contributed by atoms with E-state index in [1.807, 2.05) is 36.4 Å². The summed E-state index contributed by atoms with van der Waals surface area (Å²) in [6, 6.07) is 23.4. The van der Waals surface area contributed by atoms with E-state index < -0.39 is 11.2 Å². The molecule has 6 rings (SSSR count). The minimum Gasteiger partial charge on any atom is -0.380 e. The van der Waals surface area contributed by atoms with Crippen LogP contribution in [0.3, 0.4) is 0 Å². The Morgan fingerprint density at radius 3 is 2.23 bits per heavy atom. The van der Waals surface area contributed by atoms with Gasteiger partial charge < -0.3 is 5.32 Å². The molecule has 0 unspecified atom stereocenters. The first kappa shape index (κ1) is 20.5. The number of aromatic nitrogens is 7. The van der Waals surface area contributed by atoms with Gasteiger partial charge in [-0.3, -0.25) is 9.78 Å². The number of benzene rings is 2. The second-order valence-corrected chi connectivity index (χ2v) is 7.85. The summed E-state index contributed by atoms with van der Waals surface area (Å²) in [6.45, 7) is 0.413. The van der Waals surface area contributed by atoms with Gasteiger partial charge in [0.05, 0.1) is 17.1 Å². The smallest absolute Gasteiger partial charge is 0.341 e. The molecule has 0 aliphatic heterocycles. The van der Waals surface area contributed by atoms with Crippen LogP contribution in [0.1, 0.15) is 5.56 Å². The molecular weight excluding hydrogens is 444 g/mol. The van der Waals surface area contributed by atoms with Crippen molar-refractivity contribution in [3.05, 3.63) is 118 Å². The number of anilines is 1. The molecule has 35 heavy (non-hydrogen) atoms. The first-order valence-electron chi connectivity index (χ1n) is 10.9. The second kappa shape index (κ2) is 8.34. The van der Waals surface area contributed by atoms with Gasteiger partial charge in [0.1, 0.15) is 5.39 Å². The molecule has 0 aliphatic rings. The Hall–Kier alpha value is -5.12. The first-order valence-corrected chi connectivity index (χ1v) is 10.9. The highest BCUT2D eigenvalue weighted by Crippen LogP contribution is 2.24. The fraction of sp³-hybridized carbons (Fsp3) is 0.0400. The average molecular weight is 462 g/mol. The van der Waals surface area contributed by atoms with E-state index in [0.29, 0.717) is 29.3 Å². The van der Waals surface area contributed by atoms with Crippen molar-refractivity contribution >= 4 is 22.4 Å². The zero-order valence-corrected chi connectivity index (χ0v) is 18.3. The minimum absolute atomic E-state index is 0.273. The van der Waals surface area contributed by atoms with Crippen LogP contribution in [0.15, 0.2) is 101 Å². The SMILES string of the molecule is O=c1c2c(NCc3cccnc3)cc3nnnn3c2n(-c2ccccc2)c(=O)n1-c1ccccc1. The van der Waals surface area contributed by atoms with Crippen molar-refractivity contribution in [2.75, 3.05) is 5.32 Å². The van der Waals surface area contributed by atoms with Gasteiger partial charge in [-0.05, 0) is 46.3 Å². The summed E-state index contributed by atoms with van der Waals surface area (Å²) in [5.74, 6) is 0. The molecule has 0 spiro atoms. The third kappa shape index (κ3) is 3.44. The Kier molecular flexibility index (Phi) is 4.88. The van der Waals surface area contributed by atoms with E-state index in [-0.39, 0.29) is 11.0 Å². The van der Waals surface area contributed by atoms with Crippen LogP contribution in [0.4, 0.5) is 5.69 Å². The first-order chi connectivity index (χ1) is 17.2. The summed E-state index contributed by atoms with van der Waals surface area (Å²) in [7, 11) is 0. The van der Waals surface area contributed by atoms with Crippen LogP contribution >= 0.6 is 0 Å². The molecule has 0 fully saturated rings. The highest BCUT2D eigenvalue weighted by Gasteiger charge is 2.22. The van der Waals surface area contributed by atoms with E-state index >= 15 is 0 Å². The molecule has 0 saturated carbocycles. The molecule has 4 heterocycles. The van der Waals surface area contributed by atoms with Crippen LogP contribution in [0.5, 0.6) is 0 Å². The fourth-order valence-electron chi connectivity index (χ4n) is 4.12. The number of pyridine rings is 2. The van der Waals surface area contributed by atoms with Crippen molar-refractivity contribution in [2.24, 2.45) is 0 Å². The quantitative estimate of drug-likeness (QED) is 0.419. The third-order valence-corrected chi connectivity index (χ3v) is 5.71. The van der Waals surface area contributed by atoms with E-state index in [0.717, 1.165) is 5.56 Å². The molecule has 0 aliphatic carbocycles. The Balaban J connectivity index is 1.73. The topological polar surface area (TPSA) is 112 Å². The van der Waals surface area contributed by atoms with Crippen molar-refractivity contribution in [2.45, 2.75) is 6.54 Å². The van der Waals surface area contributed by atoms with Crippen molar-refractivity contribution in [3.8, 4) is 11.4 Å². The average Bonchev–Trinajstić information content (AvgIpc) is 3.38. The monoisotopic (exact) mass is 462 g/mol. The summed E-state index contributed by atoms with van der Waals surface area (Å²) < 4.78 is 4.04. The van der Waals surface area contributed by atoms with Gasteiger partial charge >= 0.3 is 5.69 Å². The summed E-state index contributed by atoms with van der Waals surface area (Å²) in [5, 5.41) is 15.6. The summed E-state index contributed by atoms with van der Waals surface area (Å²) in [5.41, 5.74) is 2.14. The summed E-state index contributed by atoms with van der Waals surface area (Å²) in [4.78, 5) is 32.0. The van der Waals surface area contributed by atoms with Crippen molar-refractivity contribution < 1.29 is 0 Å². The predicted octanol–water partition coefficient (Wildman–Crippen LogP) is 2.59. The molecule has 0 radical (unpaired) electrons. The van der Waals surface area contributed by atoms with E-state index in [1.165, 1.54) is 13.6 Å². The number of nitrogens with one attached hydrogen (secondary N) is 1. The second-order valence-electron chi connectivity index (χ2n) is 7.85. The molecule has 0 saturated heterocycles. The highest BCUT2D eigenvalue weighted by molar-refractivity contribution is 5.92. The lowest BCUT2D eigenvalue weighted by Crippen LogP contribution is -2.39. The van der Waals surface area contributed by atoms with Crippen LogP contribution in [-0.4, -0.2) is 34.2 Å². The maximum absolute atomic E-state index is 13.9. The molecule has 0 amide bonds. The van der Waals surface area contributed by atoms with Gasteiger partial charge in [-0.15, -0.1) is 5.10 Å². The Morgan fingerprint density at radius 1 is 0.829 bits per heavy atom. The van der Waals surface area contributed by atoms with Crippen molar-refractivity contribution in [1.29, 1.82) is 0 Å². The van der Waals surface area contributed by atoms with Gasteiger partial charge in [0.2, 0.25) is 0 Å². The molecule has 4 aromatic heterocycles. The van der Waals surface area contributed by atoms with Gasteiger partial charge in [0, 0.05) is 25.0 Å². The van der Waals surface area contributed by atoms with E-state index in [4.69, 9.17) is 0 Å². The van der Waals surface area contributed by atoms with Crippen LogP contribution in [0.25, 0.3) is 28.1 Å². The lowest BCUT2D eigenvalue weighted by atomic mass is 10.2. The largest absolute Gasteiger partial charge is 0.380 e. The van der Waals surface area contributed by atoms with Gasteiger partial charge in [0.25, 0.3) is 5.56 Å². The fourth-order valence-corrected chi connectivity index (χ4v) is 4.12. The molecule has 6 aromatic rings. The molecule has 1 N–H and O–H groups in total. The Labute approximate surface area is 197 Å². The zero-order valence-electron chi connectivity index (χ0n) is 18.3. The summed E-state index contributed by atoms with van der Waals surface area (Å²) >= 11 is 0. The number of hydrogen-bond acceptors (Lipinski definition) is 7. The standard InChI is InChI=1S/C25H18N8O2/c34-24-22-20(27-16-17-8-7-13-26-15-17)14-21-28-29-30-33(21)23(22)31(18-9-3-1-4-10-18)25(35)32(24)19-11-5-2-6-12-19/h1-15,27H,16H2. The van der Waals surface area contributed by atoms with E-state index in [1.54, 1.807) is 54.9 Å². The van der Waals surface area contributed by atoms with Gasteiger partial charge in [-0.25, -0.2) is 13.9 Å². The Morgan fingerprint density at radius 2 is 1.54 bits per heavy atom. The van der Waals surface area contributed by atoms with Crippen LogP contribution in [-0.2, 0) is 6.54 Å². The maximum Gasteiger partial charge on any atom is 0.341 e. The number of para-hydroxylation sites is 2. The van der Waals surface area contributed by atoms with E-state index in [2.05, 4.69) is 25.8 Å². The van der Waals surface area contributed by atoms with Crippen molar-refractivity contribution in [3.63, 3.8) is 0 Å². The predicted molar refractivity (Wildman–Crippen MR) is 131 cm³/mol. The lowest BCUT2D eigenvalue weighted by molar-refractivity contribution is 0.784. The molecule has 2 aromatic carbocycles. The van der Waals surface area contributed by atoms with Crippen LogP contribution < -0.4 is 16.6 Å². The van der Waals surface area contributed by atoms with E-state index in [9.17, 15) is 9.59 Å². The van der Waals surface area contributed by atoms with Crippen molar-refractivity contribution in [1.82, 2.24) is 34.2 Å². The molecular formula is C25H18N8O2.